The minimum absolute atomic E-state index is 0.0178. The topological polar surface area (TPSA) is 57.5 Å². The van der Waals surface area contributed by atoms with Crippen LogP contribution < -0.4 is 0 Å². The third-order valence-electron chi connectivity index (χ3n) is 7.20. The second-order valence-electron chi connectivity index (χ2n) is 8.29. The van der Waals surface area contributed by atoms with Crippen molar-refractivity contribution in [3.8, 4) is 0 Å². The van der Waals surface area contributed by atoms with Crippen molar-refractivity contribution in [2.75, 3.05) is 0 Å². The molecule has 0 amide bonds. The van der Waals surface area contributed by atoms with Crippen LogP contribution in [0.4, 0.5) is 0 Å². The predicted molar refractivity (Wildman–Crippen MR) is 84.1 cm³/mol. The Hall–Kier alpha value is -0.930. The quantitative estimate of drug-likeness (QED) is 0.677. The molecule has 2 N–H and O–H groups in total. The Morgan fingerprint density at radius 3 is 2.77 bits per heavy atom. The number of aliphatic hydroxyl groups is 2. The summed E-state index contributed by atoms with van der Waals surface area (Å²) in [6.07, 6.45) is 8.34. The fourth-order valence-corrected chi connectivity index (χ4v) is 5.72. The number of ketones is 1. The van der Waals surface area contributed by atoms with E-state index in [1.165, 1.54) is 11.1 Å². The fraction of sp³-hybridized carbons (Fsp3) is 0.737. The fourth-order valence-electron chi connectivity index (χ4n) is 5.72. The van der Waals surface area contributed by atoms with Crippen LogP contribution >= 0.6 is 0 Å². The molecule has 3 heteroatoms. The Morgan fingerprint density at radius 1 is 1.23 bits per heavy atom. The maximum Gasteiger partial charge on any atom is 0.139 e. The number of carbonyl (C=O) groups is 1. The third kappa shape index (κ3) is 1.73. The molecule has 0 spiro atoms. The highest BCUT2D eigenvalue weighted by atomic mass is 16.3. The summed E-state index contributed by atoms with van der Waals surface area (Å²) in [5.74, 6) is 0.740. The summed E-state index contributed by atoms with van der Waals surface area (Å²) in [6, 6.07) is 0. The van der Waals surface area contributed by atoms with Gasteiger partial charge in [0.1, 0.15) is 5.78 Å². The van der Waals surface area contributed by atoms with Gasteiger partial charge in [-0.1, -0.05) is 37.1 Å². The smallest absolute Gasteiger partial charge is 0.139 e. The van der Waals surface area contributed by atoms with Crippen molar-refractivity contribution in [1.82, 2.24) is 0 Å². The number of hydrogen-bond acceptors (Lipinski definition) is 3. The van der Waals surface area contributed by atoms with E-state index in [-0.39, 0.29) is 28.8 Å². The normalized spacial score (nSPS) is 50.6. The number of aliphatic hydroxyl groups excluding tert-OH is 2. The van der Waals surface area contributed by atoms with E-state index in [9.17, 15) is 15.0 Å². The Balaban J connectivity index is 1.80. The Bertz CT molecular complexity index is 589. The van der Waals surface area contributed by atoms with Gasteiger partial charge in [0.05, 0.1) is 12.2 Å². The van der Waals surface area contributed by atoms with Gasteiger partial charge in [-0.3, -0.25) is 4.79 Å². The summed E-state index contributed by atoms with van der Waals surface area (Å²) in [7, 11) is 0. The Labute approximate surface area is 132 Å². The maximum atomic E-state index is 12.4. The van der Waals surface area contributed by atoms with Crippen molar-refractivity contribution in [2.45, 2.75) is 64.6 Å². The minimum Gasteiger partial charge on any atom is -0.393 e. The SMILES string of the molecule is C[C@]12CC[C@H](O)CC1=C[C@H](O)[C@@H]1C2=CC[C@]2(C)C(=O)CC[C@@H]12. The van der Waals surface area contributed by atoms with Gasteiger partial charge < -0.3 is 10.2 Å². The monoisotopic (exact) mass is 302 g/mol. The highest BCUT2D eigenvalue weighted by Crippen LogP contribution is 2.61. The summed E-state index contributed by atoms with van der Waals surface area (Å²) in [5, 5.41) is 20.8. The van der Waals surface area contributed by atoms with E-state index in [4.69, 9.17) is 0 Å². The second kappa shape index (κ2) is 4.55. The molecule has 0 aromatic heterocycles. The molecule has 4 rings (SSSR count). The highest BCUT2D eigenvalue weighted by molar-refractivity contribution is 5.87. The largest absolute Gasteiger partial charge is 0.393 e. The zero-order chi connectivity index (χ0) is 15.7. The van der Waals surface area contributed by atoms with Crippen molar-refractivity contribution in [2.24, 2.45) is 22.7 Å². The van der Waals surface area contributed by atoms with Crippen LogP contribution in [0.25, 0.3) is 0 Å². The molecule has 4 aliphatic rings. The summed E-state index contributed by atoms with van der Waals surface area (Å²) >= 11 is 0. The maximum absolute atomic E-state index is 12.4. The van der Waals surface area contributed by atoms with Crippen molar-refractivity contribution < 1.29 is 15.0 Å². The van der Waals surface area contributed by atoms with Crippen molar-refractivity contribution >= 4 is 5.78 Å². The average Bonchev–Trinajstić information content (AvgIpc) is 2.77. The van der Waals surface area contributed by atoms with E-state index in [0.29, 0.717) is 18.6 Å². The van der Waals surface area contributed by atoms with Gasteiger partial charge in [-0.25, -0.2) is 0 Å². The van der Waals surface area contributed by atoms with Crippen molar-refractivity contribution in [1.29, 1.82) is 0 Å². The third-order valence-corrected chi connectivity index (χ3v) is 7.20. The molecule has 4 aliphatic carbocycles. The molecule has 120 valence electrons. The molecule has 0 heterocycles. The number of fused-ring (bicyclic) bond motifs is 5. The Morgan fingerprint density at radius 2 is 2.00 bits per heavy atom. The van der Waals surface area contributed by atoms with Gasteiger partial charge >= 0.3 is 0 Å². The van der Waals surface area contributed by atoms with Crippen LogP contribution in [0.3, 0.4) is 0 Å². The first-order valence-corrected chi connectivity index (χ1v) is 8.67. The molecule has 2 fully saturated rings. The second-order valence-corrected chi connectivity index (χ2v) is 8.29. The number of hydrogen-bond donors (Lipinski definition) is 2. The lowest BCUT2D eigenvalue weighted by molar-refractivity contribution is -0.127. The van der Waals surface area contributed by atoms with Gasteiger partial charge in [-0.15, -0.1) is 0 Å². The van der Waals surface area contributed by atoms with Crippen molar-refractivity contribution in [3.63, 3.8) is 0 Å². The molecule has 0 saturated heterocycles. The first-order chi connectivity index (χ1) is 10.4. The predicted octanol–water partition coefficient (Wildman–Crippen LogP) is 2.77. The number of allylic oxidation sites excluding steroid dienone is 1. The van der Waals surface area contributed by atoms with E-state index >= 15 is 0 Å². The van der Waals surface area contributed by atoms with Gasteiger partial charge in [0.25, 0.3) is 0 Å². The molecule has 0 aromatic rings. The molecular formula is C19H26O3. The highest BCUT2D eigenvalue weighted by Gasteiger charge is 2.57. The number of Topliss-reactive ketones (excluding diaryl/α,β-unsaturated/α-hetero) is 1. The van der Waals surface area contributed by atoms with E-state index in [1.54, 1.807) is 0 Å². The minimum atomic E-state index is -0.504. The average molecular weight is 302 g/mol. The van der Waals surface area contributed by atoms with Crippen molar-refractivity contribution in [3.05, 3.63) is 23.3 Å². The first kappa shape index (κ1) is 14.6. The molecular weight excluding hydrogens is 276 g/mol. The molecule has 0 radical (unpaired) electrons. The summed E-state index contributed by atoms with van der Waals surface area (Å²) < 4.78 is 0. The molecule has 22 heavy (non-hydrogen) atoms. The molecule has 0 unspecified atom stereocenters. The van der Waals surface area contributed by atoms with E-state index in [2.05, 4.69) is 19.9 Å². The lowest BCUT2D eigenvalue weighted by Crippen LogP contribution is -2.49. The zero-order valence-electron chi connectivity index (χ0n) is 13.5. The van der Waals surface area contributed by atoms with Crippen LogP contribution in [0.1, 0.15) is 52.4 Å². The van der Waals surface area contributed by atoms with Gasteiger partial charge in [0, 0.05) is 23.2 Å². The molecule has 0 aliphatic heterocycles. The lowest BCUT2D eigenvalue weighted by atomic mass is 9.52. The number of rotatable bonds is 0. The van der Waals surface area contributed by atoms with Gasteiger partial charge in [-0.2, -0.15) is 0 Å². The standard InChI is InChI=1S/C19H26O3/c1-18-7-5-12(20)9-11(18)10-15(21)17-13-3-4-16(22)19(13,2)8-6-14(17)18/h6,10,12-13,15,17,20-21H,3-5,7-9H2,1-2H3/t12-,13-,15-,17-,18-,19-/m0/s1. The Kier molecular flexibility index (Phi) is 3.03. The summed E-state index contributed by atoms with van der Waals surface area (Å²) in [6.45, 7) is 4.37. The summed E-state index contributed by atoms with van der Waals surface area (Å²) in [4.78, 5) is 12.4. The van der Waals surface area contributed by atoms with Crippen LogP contribution in [0.2, 0.25) is 0 Å². The van der Waals surface area contributed by atoms with Crippen LogP contribution in [-0.4, -0.2) is 28.2 Å². The van der Waals surface area contributed by atoms with Gasteiger partial charge in [-0.05, 0) is 38.0 Å². The molecule has 0 aromatic carbocycles. The molecule has 2 saturated carbocycles. The summed E-state index contributed by atoms with van der Waals surface area (Å²) in [5.41, 5.74) is 2.26. The van der Waals surface area contributed by atoms with Crippen LogP contribution in [0.15, 0.2) is 23.3 Å². The number of carbonyl (C=O) groups excluding carboxylic acids is 1. The van der Waals surface area contributed by atoms with Gasteiger partial charge in [0.2, 0.25) is 0 Å². The zero-order valence-corrected chi connectivity index (χ0v) is 13.5. The molecule has 6 atom stereocenters. The first-order valence-electron chi connectivity index (χ1n) is 8.67. The van der Waals surface area contributed by atoms with E-state index in [1.807, 2.05) is 6.08 Å². The van der Waals surface area contributed by atoms with Crippen LogP contribution in [-0.2, 0) is 4.79 Å². The lowest BCUT2D eigenvalue weighted by Gasteiger charge is -2.53. The van der Waals surface area contributed by atoms with Crippen LogP contribution in [0, 0.1) is 22.7 Å². The molecule has 0 bridgehead atoms. The van der Waals surface area contributed by atoms with Crippen LogP contribution in [0.5, 0.6) is 0 Å². The van der Waals surface area contributed by atoms with Gasteiger partial charge in [0.15, 0.2) is 0 Å². The molecule has 3 nitrogen and oxygen atoms in total. The van der Waals surface area contributed by atoms with E-state index < -0.39 is 6.10 Å². The van der Waals surface area contributed by atoms with E-state index in [0.717, 1.165) is 25.7 Å².